The van der Waals surface area contributed by atoms with Gasteiger partial charge in [-0.05, 0) is 54.2 Å². The summed E-state index contributed by atoms with van der Waals surface area (Å²) >= 11 is 0. The molecule has 1 amide bonds. The van der Waals surface area contributed by atoms with E-state index in [1.54, 1.807) is 18.5 Å². The Labute approximate surface area is 181 Å². The molecule has 1 aromatic heterocycles. The summed E-state index contributed by atoms with van der Waals surface area (Å²) in [7, 11) is 0. The molecule has 1 aliphatic carbocycles. The highest BCUT2D eigenvalue weighted by Gasteiger charge is 2.32. The van der Waals surface area contributed by atoms with Crippen LogP contribution < -0.4 is 5.32 Å². The number of amides is 1. The molecule has 6 nitrogen and oxygen atoms in total. The number of benzene rings is 2. The number of ketones is 1. The minimum Gasteiger partial charge on any atom is -0.508 e. The van der Waals surface area contributed by atoms with E-state index in [1.165, 1.54) is 0 Å². The van der Waals surface area contributed by atoms with E-state index < -0.39 is 0 Å². The van der Waals surface area contributed by atoms with Crippen LogP contribution in [-0.2, 0) is 24.2 Å². The summed E-state index contributed by atoms with van der Waals surface area (Å²) in [5, 5.41) is 12.8. The lowest BCUT2D eigenvalue weighted by Crippen LogP contribution is -2.27. The first kappa shape index (κ1) is 20.7. The molecule has 6 heteroatoms. The maximum absolute atomic E-state index is 12.8. The molecule has 158 valence electrons. The van der Waals surface area contributed by atoms with E-state index in [-0.39, 0.29) is 24.0 Å². The van der Waals surface area contributed by atoms with Crippen LogP contribution in [0, 0.1) is 12.8 Å². The lowest BCUT2D eigenvalue weighted by atomic mass is 9.98. The van der Waals surface area contributed by atoms with Crippen molar-refractivity contribution in [2.45, 2.75) is 39.7 Å². The van der Waals surface area contributed by atoms with Gasteiger partial charge in [0.1, 0.15) is 5.75 Å². The molecule has 1 heterocycles. The number of nitrogens with one attached hydrogen (secondary N) is 1. The molecular weight excluding hydrogens is 390 g/mol. The van der Waals surface area contributed by atoms with Crippen molar-refractivity contribution >= 4 is 11.7 Å². The number of carbonyl (C=O) groups excluding carboxylic acids is 2. The first-order chi connectivity index (χ1) is 14.9. The fourth-order valence-corrected chi connectivity index (χ4v) is 3.97. The van der Waals surface area contributed by atoms with E-state index in [0.717, 1.165) is 34.4 Å². The van der Waals surface area contributed by atoms with Gasteiger partial charge >= 0.3 is 0 Å². The maximum Gasteiger partial charge on any atom is 0.221 e. The van der Waals surface area contributed by atoms with Crippen LogP contribution in [0.15, 0.2) is 48.8 Å². The van der Waals surface area contributed by atoms with Crippen molar-refractivity contribution in [3.05, 3.63) is 76.9 Å². The Morgan fingerprint density at radius 3 is 2.65 bits per heavy atom. The summed E-state index contributed by atoms with van der Waals surface area (Å²) < 4.78 is 0. The minimum absolute atomic E-state index is 0.0202. The molecule has 4 rings (SSSR count). The Kier molecular flexibility index (Phi) is 5.80. The lowest BCUT2D eigenvalue weighted by molar-refractivity contribution is -0.121. The van der Waals surface area contributed by atoms with Crippen LogP contribution in [0.4, 0.5) is 0 Å². The van der Waals surface area contributed by atoms with Crippen LogP contribution in [0.3, 0.4) is 0 Å². The number of phenols is 1. The SMILES string of the molecule is CCc1cc(-c2ccc3c(c2)CC(CC(=O)NCc2cnc(C)cn2)C3=O)ccc1O. The summed E-state index contributed by atoms with van der Waals surface area (Å²) in [6.07, 6.45) is 4.75. The Morgan fingerprint density at radius 2 is 1.90 bits per heavy atom. The zero-order valence-corrected chi connectivity index (χ0v) is 17.7. The topological polar surface area (TPSA) is 92.2 Å². The quantitative estimate of drug-likeness (QED) is 0.639. The van der Waals surface area contributed by atoms with Gasteiger partial charge in [0.05, 0.1) is 24.1 Å². The number of nitrogens with zero attached hydrogens (tertiary/aromatic N) is 2. The predicted octanol–water partition coefficient (Wildman–Crippen LogP) is 3.78. The molecule has 0 aliphatic heterocycles. The van der Waals surface area contributed by atoms with Crippen LogP contribution in [0.5, 0.6) is 5.75 Å². The first-order valence-electron chi connectivity index (χ1n) is 10.5. The number of aromatic hydroxyl groups is 1. The molecule has 3 aromatic rings. The van der Waals surface area contributed by atoms with Gasteiger partial charge in [0.25, 0.3) is 0 Å². The second-order valence-corrected chi connectivity index (χ2v) is 7.96. The number of aryl methyl sites for hydroxylation is 2. The summed E-state index contributed by atoms with van der Waals surface area (Å²) in [4.78, 5) is 33.6. The Morgan fingerprint density at radius 1 is 1.13 bits per heavy atom. The van der Waals surface area contributed by atoms with Gasteiger partial charge in [0.2, 0.25) is 5.91 Å². The Bertz CT molecular complexity index is 1140. The molecule has 0 bridgehead atoms. The number of aromatic nitrogens is 2. The molecule has 0 saturated heterocycles. The molecule has 1 aliphatic rings. The van der Waals surface area contributed by atoms with Gasteiger partial charge < -0.3 is 10.4 Å². The van der Waals surface area contributed by atoms with Crippen molar-refractivity contribution in [3.8, 4) is 16.9 Å². The van der Waals surface area contributed by atoms with Crippen molar-refractivity contribution in [3.63, 3.8) is 0 Å². The van der Waals surface area contributed by atoms with Crippen molar-refractivity contribution in [1.29, 1.82) is 0 Å². The zero-order valence-electron chi connectivity index (χ0n) is 17.7. The molecule has 31 heavy (non-hydrogen) atoms. The van der Waals surface area contributed by atoms with Crippen LogP contribution in [0.25, 0.3) is 11.1 Å². The molecule has 1 atom stereocenters. The third-order valence-electron chi connectivity index (χ3n) is 5.73. The molecule has 0 saturated carbocycles. The molecule has 1 unspecified atom stereocenters. The highest BCUT2D eigenvalue weighted by atomic mass is 16.3. The largest absolute Gasteiger partial charge is 0.508 e. The highest BCUT2D eigenvalue weighted by Crippen LogP contribution is 2.33. The summed E-state index contributed by atoms with van der Waals surface area (Å²) in [6.45, 7) is 4.15. The number of rotatable bonds is 6. The number of fused-ring (bicyclic) bond motifs is 1. The van der Waals surface area contributed by atoms with Gasteiger partial charge in [-0.3, -0.25) is 19.6 Å². The van der Waals surface area contributed by atoms with Gasteiger partial charge in [0.15, 0.2) is 5.78 Å². The Balaban J connectivity index is 1.43. The fraction of sp³-hybridized carbons (Fsp3) is 0.280. The molecule has 0 fully saturated rings. The van der Waals surface area contributed by atoms with E-state index in [4.69, 9.17) is 0 Å². The Hall–Kier alpha value is -3.54. The second kappa shape index (κ2) is 8.68. The van der Waals surface area contributed by atoms with E-state index >= 15 is 0 Å². The minimum atomic E-state index is -0.347. The summed E-state index contributed by atoms with van der Waals surface area (Å²) in [5.41, 5.74) is 6.07. The van der Waals surface area contributed by atoms with Crippen LogP contribution in [0.1, 0.15) is 46.2 Å². The molecule has 2 N–H and O–H groups in total. The number of hydrogen-bond acceptors (Lipinski definition) is 5. The number of carbonyl (C=O) groups is 2. The second-order valence-electron chi connectivity index (χ2n) is 7.96. The molecule has 0 spiro atoms. The predicted molar refractivity (Wildman–Crippen MR) is 118 cm³/mol. The van der Waals surface area contributed by atoms with Crippen LogP contribution in [-0.4, -0.2) is 26.8 Å². The molecule has 0 radical (unpaired) electrons. The smallest absolute Gasteiger partial charge is 0.221 e. The van der Waals surface area contributed by atoms with E-state index in [0.29, 0.717) is 30.0 Å². The van der Waals surface area contributed by atoms with Crippen LogP contribution >= 0.6 is 0 Å². The average molecular weight is 415 g/mol. The number of hydrogen-bond donors (Lipinski definition) is 2. The van der Waals surface area contributed by atoms with Gasteiger partial charge in [-0.1, -0.05) is 31.2 Å². The lowest BCUT2D eigenvalue weighted by Gasteiger charge is -2.09. The van der Waals surface area contributed by atoms with Crippen molar-refractivity contribution in [2.24, 2.45) is 5.92 Å². The van der Waals surface area contributed by atoms with E-state index in [1.807, 2.05) is 44.2 Å². The van der Waals surface area contributed by atoms with Crippen LogP contribution in [0.2, 0.25) is 0 Å². The first-order valence-corrected chi connectivity index (χ1v) is 10.5. The standard InChI is InChI=1S/C25H25N3O3/c1-3-16-8-18(5-7-23(16)29)17-4-6-22-19(9-17)10-20(25(22)31)11-24(30)28-14-21-13-26-15(2)12-27-21/h4-9,12-13,20,29H,3,10-11,14H2,1-2H3,(H,28,30). The van der Waals surface area contributed by atoms with Crippen molar-refractivity contribution < 1.29 is 14.7 Å². The maximum atomic E-state index is 12.8. The number of phenolic OH excluding ortho intramolecular Hbond substituents is 1. The normalized spacial score (nSPS) is 15.0. The average Bonchev–Trinajstić information content (AvgIpc) is 3.08. The van der Waals surface area contributed by atoms with Gasteiger partial charge in [-0.15, -0.1) is 0 Å². The van der Waals surface area contributed by atoms with Crippen molar-refractivity contribution in [1.82, 2.24) is 15.3 Å². The summed E-state index contributed by atoms with van der Waals surface area (Å²) in [5.74, 6) is -0.197. The zero-order chi connectivity index (χ0) is 22.0. The van der Waals surface area contributed by atoms with Gasteiger partial charge in [-0.2, -0.15) is 0 Å². The van der Waals surface area contributed by atoms with E-state index in [2.05, 4.69) is 15.3 Å². The van der Waals surface area contributed by atoms with E-state index in [9.17, 15) is 14.7 Å². The van der Waals surface area contributed by atoms with Gasteiger partial charge in [0, 0.05) is 24.1 Å². The monoisotopic (exact) mass is 415 g/mol. The molecule has 2 aromatic carbocycles. The number of Topliss-reactive ketones (excluding diaryl/α,β-unsaturated/α-hetero) is 1. The third kappa shape index (κ3) is 4.48. The highest BCUT2D eigenvalue weighted by molar-refractivity contribution is 6.04. The van der Waals surface area contributed by atoms with Crippen molar-refractivity contribution in [2.75, 3.05) is 0 Å². The fourth-order valence-electron chi connectivity index (χ4n) is 3.97. The third-order valence-corrected chi connectivity index (χ3v) is 5.73. The summed E-state index contributed by atoms with van der Waals surface area (Å²) in [6, 6.07) is 11.4. The molecular formula is C25H25N3O3. The van der Waals surface area contributed by atoms with Gasteiger partial charge in [-0.25, -0.2) is 0 Å².